The predicted octanol–water partition coefficient (Wildman–Crippen LogP) is 1.50. The van der Waals surface area contributed by atoms with Crippen LogP contribution in [0.1, 0.15) is 19.4 Å². The lowest BCUT2D eigenvalue weighted by molar-refractivity contribution is -0.125. The van der Waals surface area contributed by atoms with Crippen molar-refractivity contribution in [1.29, 1.82) is 0 Å². The number of carbonyl (C=O) groups is 1. The van der Waals surface area contributed by atoms with Gasteiger partial charge in [0, 0.05) is 6.54 Å². The van der Waals surface area contributed by atoms with Crippen LogP contribution in [0.4, 0.5) is 11.4 Å². The Balaban J connectivity index is 2.79. The molecule has 0 saturated carbocycles. The molecular weight excluding hydrogens is 202 g/mol. The molecule has 0 radical (unpaired) electrons. The minimum atomic E-state index is -0.589. The van der Waals surface area contributed by atoms with Gasteiger partial charge in [0.2, 0.25) is 5.91 Å². The maximum atomic E-state index is 11.2. The Morgan fingerprint density at radius 2 is 2.06 bits per heavy atom. The van der Waals surface area contributed by atoms with Gasteiger partial charge in [-0.1, -0.05) is 12.1 Å². The number of nitrogen functional groups attached to an aromatic ring is 1. The third-order valence-electron chi connectivity index (χ3n) is 2.68. The average Bonchev–Trinajstić information content (AvgIpc) is 2.16. The van der Waals surface area contributed by atoms with Crippen LogP contribution in [0.3, 0.4) is 0 Å². The van der Waals surface area contributed by atoms with Crippen LogP contribution in [0.2, 0.25) is 0 Å². The van der Waals surface area contributed by atoms with Gasteiger partial charge in [0.05, 0.1) is 16.8 Å². The van der Waals surface area contributed by atoms with Crippen molar-refractivity contribution in [2.45, 2.75) is 20.8 Å². The van der Waals surface area contributed by atoms with E-state index in [1.807, 2.05) is 25.1 Å². The minimum absolute atomic E-state index is 0.327. The van der Waals surface area contributed by atoms with Crippen molar-refractivity contribution in [3.63, 3.8) is 0 Å². The van der Waals surface area contributed by atoms with Crippen molar-refractivity contribution in [2.75, 3.05) is 17.6 Å². The van der Waals surface area contributed by atoms with E-state index in [0.29, 0.717) is 12.2 Å². The van der Waals surface area contributed by atoms with Gasteiger partial charge in [0.1, 0.15) is 0 Å². The molecule has 5 N–H and O–H groups in total. The molecule has 0 aliphatic carbocycles. The molecule has 1 aromatic rings. The van der Waals surface area contributed by atoms with E-state index in [2.05, 4.69) is 5.32 Å². The van der Waals surface area contributed by atoms with E-state index in [9.17, 15) is 4.79 Å². The number of aryl methyl sites for hydroxylation is 1. The van der Waals surface area contributed by atoms with Gasteiger partial charge in [0.25, 0.3) is 0 Å². The van der Waals surface area contributed by atoms with Crippen LogP contribution in [0, 0.1) is 12.3 Å². The van der Waals surface area contributed by atoms with Gasteiger partial charge >= 0.3 is 0 Å². The molecule has 0 aliphatic rings. The van der Waals surface area contributed by atoms with Gasteiger partial charge in [-0.15, -0.1) is 0 Å². The van der Waals surface area contributed by atoms with Crippen molar-refractivity contribution in [1.82, 2.24) is 0 Å². The van der Waals surface area contributed by atoms with Gasteiger partial charge < -0.3 is 16.8 Å². The summed E-state index contributed by atoms with van der Waals surface area (Å²) >= 11 is 0. The Kier molecular flexibility index (Phi) is 3.42. The molecule has 0 spiro atoms. The summed E-state index contributed by atoms with van der Waals surface area (Å²) in [5.41, 5.74) is 13.2. The normalized spacial score (nSPS) is 11.2. The van der Waals surface area contributed by atoms with Crippen molar-refractivity contribution in [3.05, 3.63) is 23.8 Å². The highest BCUT2D eigenvalue weighted by molar-refractivity contribution is 5.81. The molecule has 16 heavy (non-hydrogen) atoms. The maximum absolute atomic E-state index is 11.2. The second-order valence-corrected chi connectivity index (χ2v) is 4.64. The number of para-hydroxylation sites is 1. The summed E-state index contributed by atoms with van der Waals surface area (Å²) in [7, 11) is 0. The summed E-state index contributed by atoms with van der Waals surface area (Å²) in [6, 6.07) is 5.69. The number of hydrogen-bond donors (Lipinski definition) is 3. The van der Waals surface area contributed by atoms with Crippen molar-refractivity contribution < 1.29 is 4.79 Å². The van der Waals surface area contributed by atoms with E-state index in [1.165, 1.54) is 0 Å². The number of nitrogens with two attached hydrogens (primary N) is 2. The summed E-state index contributed by atoms with van der Waals surface area (Å²) in [5.74, 6) is -0.327. The fraction of sp³-hybridized carbons (Fsp3) is 0.417. The zero-order chi connectivity index (χ0) is 12.3. The summed E-state index contributed by atoms with van der Waals surface area (Å²) in [6.45, 7) is 6.04. The molecule has 88 valence electrons. The highest BCUT2D eigenvalue weighted by Crippen LogP contribution is 2.24. The van der Waals surface area contributed by atoms with Crippen LogP contribution in [0.5, 0.6) is 0 Å². The molecule has 1 aromatic carbocycles. The maximum Gasteiger partial charge on any atom is 0.224 e. The Morgan fingerprint density at radius 1 is 1.44 bits per heavy atom. The van der Waals surface area contributed by atoms with Crippen molar-refractivity contribution >= 4 is 17.3 Å². The summed E-state index contributed by atoms with van der Waals surface area (Å²) in [4.78, 5) is 11.2. The van der Waals surface area contributed by atoms with Gasteiger partial charge in [-0.05, 0) is 32.4 Å². The molecule has 1 rings (SSSR count). The predicted molar refractivity (Wildman–Crippen MR) is 67.1 cm³/mol. The first-order valence-electron chi connectivity index (χ1n) is 5.23. The Labute approximate surface area is 96.0 Å². The summed E-state index contributed by atoms with van der Waals surface area (Å²) < 4.78 is 0. The number of nitrogens with one attached hydrogen (secondary N) is 1. The number of primary amides is 1. The summed E-state index contributed by atoms with van der Waals surface area (Å²) in [5, 5.41) is 3.18. The van der Waals surface area contributed by atoms with Gasteiger partial charge in [-0.3, -0.25) is 4.79 Å². The Morgan fingerprint density at radius 3 is 2.56 bits per heavy atom. The lowest BCUT2D eigenvalue weighted by Crippen LogP contribution is -2.37. The largest absolute Gasteiger partial charge is 0.397 e. The number of anilines is 2. The van der Waals surface area contributed by atoms with E-state index in [-0.39, 0.29) is 5.91 Å². The van der Waals surface area contributed by atoms with Gasteiger partial charge in [0.15, 0.2) is 0 Å². The lowest BCUT2D eigenvalue weighted by atomic mass is 9.92. The number of carbonyl (C=O) groups excluding carboxylic acids is 1. The molecule has 4 nitrogen and oxygen atoms in total. The molecule has 0 aliphatic heterocycles. The smallest absolute Gasteiger partial charge is 0.224 e. The molecule has 0 heterocycles. The Bertz CT molecular complexity index is 379. The van der Waals surface area contributed by atoms with Crippen LogP contribution in [-0.4, -0.2) is 12.5 Å². The highest BCUT2D eigenvalue weighted by Gasteiger charge is 2.24. The molecule has 4 heteroatoms. The van der Waals surface area contributed by atoms with Crippen LogP contribution in [0.15, 0.2) is 18.2 Å². The number of benzene rings is 1. The third-order valence-corrected chi connectivity index (χ3v) is 2.68. The minimum Gasteiger partial charge on any atom is -0.397 e. The highest BCUT2D eigenvalue weighted by atomic mass is 16.1. The standard InChI is InChI=1S/C12H19N3O/c1-8-5-4-6-9(13)10(8)15-7-12(2,3)11(14)16/h4-6,15H,7,13H2,1-3H3,(H2,14,16). The number of amides is 1. The fourth-order valence-electron chi connectivity index (χ4n) is 1.33. The lowest BCUT2D eigenvalue weighted by Gasteiger charge is -2.22. The average molecular weight is 221 g/mol. The van der Waals surface area contributed by atoms with E-state index >= 15 is 0 Å². The quantitative estimate of drug-likeness (QED) is 0.674. The number of hydrogen-bond acceptors (Lipinski definition) is 3. The second kappa shape index (κ2) is 4.43. The monoisotopic (exact) mass is 221 g/mol. The van der Waals surface area contributed by atoms with Gasteiger partial charge in [-0.2, -0.15) is 0 Å². The Hall–Kier alpha value is -1.71. The van der Waals surface area contributed by atoms with E-state index in [0.717, 1.165) is 11.3 Å². The third kappa shape index (κ3) is 2.66. The zero-order valence-electron chi connectivity index (χ0n) is 10.0. The first-order valence-corrected chi connectivity index (χ1v) is 5.23. The van der Waals surface area contributed by atoms with Gasteiger partial charge in [-0.25, -0.2) is 0 Å². The molecule has 0 bridgehead atoms. The SMILES string of the molecule is Cc1cccc(N)c1NCC(C)(C)C(N)=O. The van der Waals surface area contributed by atoms with E-state index < -0.39 is 5.41 Å². The summed E-state index contributed by atoms with van der Waals surface area (Å²) in [6.07, 6.45) is 0. The first kappa shape index (κ1) is 12.4. The molecule has 0 saturated heterocycles. The second-order valence-electron chi connectivity index (χ2n) is 4.64. The number of rotatable bonds is 4. The zero-order valence-corrected chi connectivity index (χ0v) is 10.0. The molecular formula is C12H19N3O. The molecule has 0 aromatic heterocycles. The fourth-order valence-corrected chi connectivity index (χ4v) is 1.33. The van der Waals surface area contributed by atoms with Crippen molar-refractivity contribution in [3.8, 4) is 0 Å². The van der Waals surface area contributed by atoms with Crippen LogP contribution < -0.4 is 16.8 Å². The molecule has 0 fully saturated rings. The molecule has 0 unspecified atom stereocenters. The van der Waals surface area contributed by atoms with Crippen LogP contribution in [-0.2, 0) is 4.79 Å². The van der Waals surface area contributed by atoms with E-state index in [1.54, 1.807) is 13.8 Å². The van der Waals surface area contributed by atoms with Crippen LogP contribution >= 0.6 is 0 Å². The van der Waals surface area contributed by atoms with E-state index in [4.69, 9.17) is 11.5 Å². The molecule has 0 atom stereocenters. The topological polar surface area (TPSA) is 81.1 Å². The first-order chi connectivity index (χ1) is 7.34. The van der Waals surface area contributed by atoms with Crippen LogP contribution in [0.25, 0.3) is 0 Å². The van der Waals surface area contributed by atoms with Crippen molar-refractivity contribution in [2.24, 2.45) is 11.1 Å². The molecule has 1 amide bonds.